The van der Waals surface area contributed by atoms with E-state index in [0.29, 0.717) is 10.6 Å². The van der Waals surface area contributed by atoms with Crippen LogP contribution in [0.5, 0.6) is 0 Å². The molecule has 0 heterocycles. The van der Waals surface area contributed by atoms with E-state index in [1.165, 1.54) is 0 Å². The largest absolute Gasteiger partial charge is 0.348 e. The fraction of sp³-hybridized carbons (Fsp3) is 0.417. The smallest absolute Gasteiger partial charge is 0.253 e. The SMILES string of the molecule is NC1CCCC1NC(=O)c1ccccc1Cl. The molecule has 1 amide bonds. The Morgan fingerprint density at radius 1 is 1.38 bits per heavy atom. The van der Waals surface area contributed by atoms with Gasteiger partial charge in [-0.05, 0) is 31.4 Å². The molecule has 2 unspecified atom stereocenters. The van der Waals surface area contributed by atoms with Gasteiger partial charge in [-0.1, -0.05) is 23.7 Å². The van der Waals surface area contributed by atoms with Crippen molar-refractivity contribution in [1.82, 2.24) is 5.32 Å². The van der Waals surface area contributed by atoms with Crippen molar-refractivity contribution in [2.45, 2.75) is 31.3 Å². The van der Waals surface area contributed by atoms with Crippen LogP contribution < -0.4 is 11.1 Å². The lowest BCUT2D eigenvalue weighted by atomic mass is 10.1. The van der Waals surface area contributed by atoms with Gasteiger partial charge in [0.05, 0.1) is 10.6 Å². The van der Waals surface area contributed by atoms with Crippen LogP contribution in [0.25, 0.3) is 0 Å². The van der Waals surface area contributed by atoms with Gasteiger partial charge in [-0.25, -0.2) is 0 Å². The molecule has 2 rings (SSSR count). The molecule has 0 spiro atoms. The predicted octanol–water partition coefficient (Wildman–Crippen LogP) is 1.95. The Morgan fingerprint density at radius 2 is 2.12 bits per heavy atom. The molecular weight excluding hydrogens is 224 g/mol. The minimum atomic E-state index is -0.132. The quantitative estimate of drug-likeness (QED) is 0.828. The highest BCUT2D eigenvalue weighted by Gasteiger charge is 2.25. The van der Waals surface area contributed by atoms with Gasteiger partial charge >= 0.3 is 0 Å². The van der Waals surface area contributed by atoms with E-state index in [1.54, 1.807) is 24.3 Å². The lowest BCUT2D eigenvalue weighted by molar-refractivity contribution is 0.0935. The van der Waals surface area contributed by atoms with Gasteiger partial charge in [0.15, 0.2) is 0 Å². The third-order valence-electron chi connectivity index (χ3n) is 3.00. The van der Waals surface area contributed by atoms with Gasteiger partial charge in [0.25, 0.3) is 5.91 Å². The number of carbonyl (C=O) groups is 1. The van der Waals surface area contributed by atoms with E-state index in [9.17, 15) is 4.79 Å². The summed E-state index contributed by atoms with van der Waals surface area (Å²) >= 11 is 5.95. The van der Waals surface area contributed by atoms with Crippen LogP contribution in [0, 0.1) is 0 Å². The second kappa shape index (κ2) is 4.85. The Morgan fingerprint density at radius 3 is 2.75 bits per heavy atom. The molecule has 1 saturated carbocycles. The summed E-state index contributed by atoms with van der Waals surface area (Å²) in [6, 6.07) is 7.20. The van der Waals surface area contributed by atoms with E-state index in [4.69, 9.17) is 17.3 Å². The Bertz CT molecular complexity index is 394. The second-order valence-electron chi connectivity index (χ2n) is 4.15. The Kier molecular flexibility index (Phi) is 3.46. The second-order valence-corrected chi connectivity index (χ2v) is 4.56. The highest BCUT2D eigenvalue weighted by atomic mass is 35.5. The minimum absolute atomic E-state index is 0.0754. The van der Waals surface area contributed by atoms with Gasteiger partial charge in [0.2, 0.25) is 0 Å². The van der Waals surface area contributed by atoms with Crippen molar-refractivity contribution in [2.24, 2.45) is 5.73 Å². The Labute approximate surface area is 100.0 Å². The molecule has 1 aromatic rings. The molecule has 0 radical (unpaired) electrons. The number of hydrogen-bond acceptors (Lipinski definition) is 2. The van der Waals surface area contributed by atoms with E-state index in [2.05, 4.69) is 5.32 Å². The van der Waals surface area contributed by atoms with Crippen LogP contribution in [0.4, 0.5) is 0 Å². The third-order valence-corrected chi connectivity index (χ3v) is 3.33. The molecule has 3 nitrogen and oxygen atoms in total. The van der Waals surface area contributed by atoms with Crippen LogP contribution in [-0.4, -0.2) is 18.0 Å². The molecule has 0 bridgehead atoms. The van der Waals surface area contributed by atoms with Crippen molar-refractivity contribution in [1.29, 1.82) is 0 Å². The van der Waals surface area contributed by atoms with Crippen LogP contribution in [0.15, 0.2) is 24.3 Å². The van der Waals surface area contributed by atoms with Gasteiger partial charge in [-0.3, -0.25) is 4.79 Å². The number of rotatable bonds is 2. The molecule has 16 heavy (non-hydrogen) atoms. The fourth-order valence-electron chi connectivity index (χ4n) is 2.06. The van der Waals surface area contributed by atoms with Crippen molar-refractivity contribution >= 4 is 17.5 Å². The van der Waals surface area contributed by atoms with Crippen LogP contribution in [-0.2, 0) is 0 Å². The van der Waals surface area contributed by atoms with Crippen LogP contribution in [0.1, 0.15) is 29.6 Å². The van der Waals surface area contributed by atoms with Gasteiger partial charge in [-0.15, -0.1) is 0 Å². The molecule has 4 heteroatoms. The summed E-state index contributed by atoms with van der Waals surface area (Å²) in [6.45, 7) is 0. The number of nitrogens with one attached hydrogen (secondary N) is 1. The predicted molar refractivity (Wildman–Crippen MR) is 64.5 cm³/mol. The average molecular weight is 239 g/mol. The van der Waals surface area contributed by atoms with Crippen LogP contribution >= 0.6 is 11.6 Å². The first-order valence-electron chi connectivity index (χ1n) is 5.49. The lowest BCUT2D eigenvalue weighted by Gasteiger charge is -2.17. The fourth-order valence-corrected chi connectivity index (χ4v) is 2.28. The number of halogens is 1. The summed E-state index contributed by atoms with van der Waals surface area (Å²) in [5.74, 6) is -0.132. The maximum absolute atomic E-state index is 11.9. The molecular formula is C12H15ClN2O. The molecule has 1 aromatic carbocycles. The summed E-state index contributed by atoms with van der Waals surface area (Å²) in [5.41, 5.74) is 6.41. The Hall–Kier alpha value is -1.06. The van der Waals surface area contributed by atoms with Gasteiger partial charge in [-0.2, -0.15) is 0 Å². The highest BCUT2D eigenvalue weighted by Crippen LogP contribution is 2.19. The first kappa shape index (κ1) is 11.4. The maximum Gasteiger partial charge on any atom is 0.253 e. The monoisotopic (exact) mass is 238 g/mol. The minimum Gasteiger partial charge on any atom is -0.348 e. The van der Waals surface area contributed by atoms with Crippen LogP contribution in [0.3, 0.4) is 0 Å². The zero-order valence-corrected chi connectivity index (χ0v) is 9.70. The molecule has 1 aliphatic carbocycles. The highest BCUT2D eigenvalue weighted by molar-refractivity contribution is 6.33. The Balaban J connectivity index is 2.06. The molecule has 3 N–H and O–H groups in total. The van der Waals surface area contributed by atoms with E-state index < -0.39 is 0 Å². The number of nitrogens with two attached hydrogens (primary N) is 1. The zero-order chi connectivity index (χ0) is 11.5. The van der Waals surface area contributed by atoms with Crippen LogP contribution in [0.2, 0.25) is 5.02 Å². The van der Waals surface area contributed by atoms with E-state index >= 15 is 0 Å². The number of carbonyl (C=O) groups excluding carboxylic acids is 1. The summed E-state index contributed by atoms with van der Waals surface area (Å²) < 4.78 is 0. The molecule has 2 atom stereocenters. The summed E-state index contributed by atoms with van der Waals surface area (Å²) in [4.78, 5) is 11.9. The summed E-state index contributed by atoms with van der Waals surface area (Å²) in [5, 5.41) is 3.42. The molecule has 0 saturated heterocycles. The van der Waals surface area contributed by atoms with Crippen molar-refractivity contribution < 1.29 is 4.79 Å². The standard InChI is InChI=1S/C12H15ClN2O/c13-9-5-2-1-4-8(9)12(16)15-11-7-3-6-10(11)14/h1-2,4-5,10-11H,3,6-7,14H2,(H,15,16). The van der Waals surface area contributed by atoms with Gasteiger partial charge in [0, 0.05) is 12.1 Å². The van der Waals surface area contributed by atoms with Crippen molar-refractivity contribution in [3.8, 4) is 0 Å². The number of amides is 1. The number of hydrogen-bond donors (Lipinski definition) is 2. The number of benzene rings is 1. The average Bonchev–Trinajstić information content (AvgIpc) is 2.65. The first-order chi connectivity index (χ1) is 7.68. The molecule has 0 aromatic heterocycles. The molecule has 0 aliphatic heterocycles. The summed E-state index contributed by atoms with van der Waals surface area (Å²) in [7, 11) is 0. The normalized spacial score (nSPS) is 24.4. The van der Waals surface area contributed by atoms with Gasteiger partial charge in [0.1, 0.15) is 0 Å². The molecule has 1 fully saturated rings. The van der Waals surface area contributed by atoms with E-state index in [1.807, 2.05) is 0 Å². The molecule has 1 aliphatic rings. The third kappa shape index (κ3) is 2.36. The van der Waals surface area contributed by atoms with Gasteiger partial charge < -0.3 is 11.1 Å². The first-order valence-corrected chi connectivity index (χ1v) is 5.87. The van der Waals surface area contributed by atoms with Crippen molar-refractivity contribution in [3.63, 3.8) is 0 Å². The van der Waals surface area contributed by atoms with Crippen molar-refractivity contribution in [2.75, 3.05) is 0 Å². The van der Waals surface area contributed by atoms with E-state index in [-0.39, 0.29) is 18.0 Å². The van der Waals surface area contributed by atoms with Crippen molar-refractivity contribution in [3.05, 3.63) is 34.9 Å². The topological polar surface area (TPSA) is 55.1 Å². The maximum atomic E-state index is 11.9. The van der Waals surface area contributed by atoms with E-state index in [0.717, 1.165) is 19.3 Å². The zero-order valence-electron chi connectivity index (χ0n) is 8.95. The molecule has 86 valence electrons. The summed E-state index contributed by atoms with van der Waals surface area (Å²) in [6.07, 6.45) is 3.01. The lowest BCUT2D eigenvalue weighted by Crippen LogP contribution is -2.44.